The number of aromatic nitrogens is 1. The monoisotopic (exact) mass is 935 g/mol. The van der Waals surface area contributed by atoms with Crippen molar-refractivity contribution in [1.29, 1.82) is 0 Å². The number of fused-ring (bicyclic) bond motifs is 1. The number of piperazine rings is 1. The highest BCUT2D eigenvalue weighted by atomic mass is 19.4. The molecule has 368 valence electrons. The van der Waals surface area contributed by atoms with Gasteiger partial charge in [-0.1, -0.05) is 18.8 Å². The maximum Gasteiger partial charge on any atom is 0.392 e. The predicted molar refractivity (Wildman–Crippen MR) is 248 cm³/mol. The topological polar surface area (TPSA) is 145 Å². The molecule has 9 unspecified atom stereocenters. The van der Waals surface area contributed by atoms with Crippen LogP contribution in [0.15, 0.2) is 18.3 Å². The molecule has 2 aliphatic carbocycles. The molecular formula is C50H73F3N10O4. The average molecular weight is 935 g/mol. The molecule has 2 saturated carbocycles. The predicted octanol–water partition coefficient (Wildman–Crippen LogP) is 4.09. The number of hydrogen-bond acceptors (Lipinski definition) is 11. The van der Waals surface area contributed by atoms with Crippen LogP contribution in [0.3, 0.4) is 0 Å². The summed E-state index contributed by atoms with van der Waals surface area (Å²) in [5.41, 5.74) is 4.38. The fourth-order valence-corrected chi connectivity index (χ4v) is 12.7. The van der Waals surface area contributed by atoms with E-state index in [2.05, 4.69) is 64.8 Å². The lowest BCUT2D eigenvalue weighted by Gasteiger charge is -2.43. The minimum atomic E-state index is -4.35. The molecule has 4 N–H and O–H groups in total. The van der Waals surface area contributed by atoms with Crippen LogP contribution < -0.4 is 26.3 Å². The van der Waals surface area contributed by atoms with Crippen molar-refractivity contribution in [2.24, 2.45) is 41.4 Å². The van der Waals surface area contributed by atoms with Gasteiger partial charge in [-0.25, -0.2) is 9.99 Å². The van der Waals surface area contributed by atoms with Gasteiger partial charge in [-0.15, -0.1) is 0 Å². The minimum absolute atomic E-state index is 0.0159. The van der Waals surface area contributed by atoms with Crippen LogP contribution in [0.1, 0.15) is 108 Å². The summed E-state index contributed by atoms with van der Waals surface area (Å²) in [6.45, 7) is 11.1. The molecule has 8 fully saturated rings. The van der Waals surface area contributed by atoms with Gasteiger partial charge in [-0.2, -0.15) is 13.2 Å². The van der Waals surface area contributed by atoms with Gasteiger partial charge in [0, 0.05) is 102 Å². The second-order valence-corrected chi connectivity index (χ2v) is 21.3. The molecule has 0 radical (unpaired) electrons. The van der Waals surface area contributed by atoms with Gasteiger partial charge >= 0.3 is 6.18 Å². The Morgan fingerprint density at radius 3 is 2.39 bits per heavy atom. The van der Waals surface area contributed by atoms with Gasteiger partial charge in [0.15, 0.2) is 0 Å². The molecule has 4 amide bonds. The first-order chi connectivity index (χ1) is 32.3. The highest BCUT2D eigenvalue weighted by molar-refractivity contribution is 6.01. The van der Waals surface area contributed by atoms with Crippen molar-refractivity contribution < 1.29 is 32.3 Å². The number of carbonyl (C=O) groups excluding carboxylic acids is 4. The van der Waals surface area contributed by atoms with Crippen molar-refractivity contribution >= 4 is 29.4 Å². The zero-order chi connectivity index (χ0) is 46.7. The summed E-state index contributed by atoms with van der Waals surface area (Å²) in [6, 6.07) is 3.49. The number of pyridine rings is 1. The smallest absolute Gasteiger partial charge is 0.357 e. The lowest BCUT2D eigenvalue weighted by Crippen LogP contribution is -2.54. The Labute approximate surface area is 394 Å². The number of nitrogens with zero attached hydrogens (tertiary/aromatic N) is 6. The third-order valence-electron chi connectivity index (χ3n) is 16.9. The van der Waals surface area contributed by atoms with Crippen molar-refractivity contribution in [3.05, 3.63) is 23.9 Å². The molecule has 14 nitrogen and oxygen atoms in total. The minimum Gasteiger partial charge on any atom is -0.357 e. The number of hydrazine groups is 1. The average Bonchev–Trinajstić information content (AvgIpc) is 3.75. The van der Waals surface area contributed by atoms with E-state index in [4.69, 9.17) is 0 Å². The van der Waals surface area contributed by atoms with Crippen LogP contribution in [0.25, 0.3) is 0 Å². The van der Waals surface area contributed by atoms with Crippen LogP contribution in [0, 0.1) is 53.3 Å². The first kappa shape index (κ1) is 48.2. The maximum atomic E-state index is 14.7. The van der Waals surface area contributed by atoms with E-state index in [9.17, 15) is 32.3 Å². The van der Waals surface area contributed by atoms with E-state index in [0.717, 1.165) is 109 Å². The molecule has 9 atom stereocenters. The summed E-state index contributed by atoms with van der Waals surface area (Å²) in [7, 11) is 0. The summed E-state index contributed by atoms with van der Waals surface area (Å²) in [5, 5.41) is 11.3. The Hall–Kier alpha value is -3.82. The number of imide groups is 1. The fourth-order valence-electron chi connectivity index (χ4n) is 12.7. The van der Waals surface area contributed by atoms with Gasteiger partial charge in [0.2, 0.25) is 23.6 Å². The molecule has 67 heavy (non-hydrogen) atoms. The Bertz CT molecular complexity index is 1970. The van der Waals surface area contributed by atoms with Crippen molar-refractivity contribution in [1.82, 2.24) is 46.1 Å². The number of carbonyl (C=O) groups is 4. The lowest BCUT2D eigenvalue weighted by atomic mass is 9.73. The highest BCUT2D eigenvalue weighted by Crippen LogP contribution is 2.43. The van der Waals surface area contributed by atoms with E-state index in [0.29, 0.717) is 82.8 Å². The highest BCUT2D eigenvalue weighted by Gasteiger charge is 2.49. The molecule has 17 heteroatoms. The number of amides is 4. The SMILES string of the molecule is CC1CCC(C(=O)NC2CCC(CN3CCN(C(=O)C4CCN(CC5CCN(c6cc(C7CCC(=O)NC7=O)ccn6)CC5)CC4)CC3)C(C(F)(F)F)C2)CC1C#CC1CNC2CCCNN12. The van der Waals surface area contributed by atoms with Gasteiger partial charge in [0.25, 0.3) is 0 Å². The summed E-state index contributed by atoms with van der Waals surface area (Å²) in [4.78, 5) is 64.9. The third-order valence-corrected chi connectivity index (χ3v) is 16.9. The number of nitrogens with one attached hydrogen (secondary N) is 4. The molecule has 0 spiro atoms. The molecule has 6 aliphatic heterocycles. The molecule has 8 aliphatic rings. The zero-order valence-electron chi connectivity index (χ0n) is 39.4. The van der Waals surface area contributed by atoms with Gasteiger partial charge < -0.3 is 20.0 Å². The maximum absolute atomic E-state index is 14.7. The normalized spacial score (nSPS) is 33.4. The number of halogens is 3. The van der Waals surface area contributed by atoms with Crippen molar-refractivity contribution in [2.45, 2.75) is 127 Å². The van der Waals surface area contributed by atoms with Gasteiger partial charge in [0.05, 0.1) is 24.0 Å². The Kier molecular flexibility index (Phi) is 15.4. The Morgan fingerprint density at radius 1 is 0.851 bits per heavy atom. The number of alkyl halides is 3. The molecule has 7 heterocycles. The summed E-state index contributed by atoms with van der Waals surface area (Å²) < 4.78 is 44.0. The van der Waals surface area contributed by atoms with Crippen LogP contribution in [0.5, 0.6) is 0 Å². The van der Waals surface area contributed by atoms with E-state index in [1.54, 1.807) is 6.20 Å². The number of anilines is 1. The largest absolute Gasteiger partial charge is 0.392 e. The quantitative estimate of drug-likeness (QED) is 0.210. The standard InChI is InChI=1S/C50H73F3N10O4/c1-33-4-5-38(27-36(33)7-9-41-30-55-44-3-2-17-56-63(41)44)47(65)57-40-8-6-39(43(29-40)50(51,52)53)32-60-23-25-62(26-24-60)49(67)35-15-19-59(20-16-35)31-34-13-21-61(22-14-34)45-28-37(12-18-54-45)42-10-11-46(64)58-48(42)66/h12,18,28,33-36,38-44,55-56H,2-6,8,10-11,13-17,19-27,29-32H2,1H3,(H,57,65)(H,58,64,66). The van der Waals surface area contributed by atoms with Crippen LogP contribution >= 0.6 is 0 Å². The molecule has 9 rings (SSSR count). The lowest BCUT2D eigenvalue weighted by molar-refractivity contribution is -0.200. The first-order valence-electron chi connectivity index (χ1n) is 25.8. The van der Waals surface area contributed by atoms with Crippen molar-refractivity contribution in [2.75, 3.05) is 83.4 Å². The van der Waals surface area contributed by atoms with Gasteiger partial charge in [-0.3, -0.25) is 40.1 Å². The second-order valence-electron chi connectivity index (χ2n) is 21.3. The summed E-state index contributed by atoms with van der Waals surface area (Å²) in [5.74, 6) is 5.96. The summed E-state index contributed by atoms with van der Waals surface area (Å²) in [6.07, 6.45) is 7.73. The van der Waals surface area contributed by atoms with Crippen molar-refractivity contribution in [3.8, 4) is 11.8 Å². The Balaban J connectivity index is 0.676. The third kappa shape index (κ3) is 11.8. The van der Waals surface area contributed by atoms with E-state index >= 15 is 0 Å². The number of piperidine rings is 3. The molecular weight excluding hydrogens is 862 g/mol. The zero-order valence-corrected chi connectivity index (χ0v) is 39.4. The second kappa shape index (κ2) is 21.4. The number of hydrogen-bond donors (Lipinski definition) is 4. The van der Waals surface area contributed by atoms with Crippen LogP contribution in [-0.2, 0) is 19.2 Å². The van der Waals surface area contributed by atoms with Crippen molar-refractivity contribution in [3.63, 3.8) is 0 Å². The van der Waals surface area contributed by atoms with Crippen LogP contribution in [-0.4, -0.2) is 151 Å². The number of rotatable bonds is 9. The van der Waals surface area contributed by atoms with E-state index in [1.807, 2.05) is 17.0 Å². The molecule has 0 aromatic carbocycles. The fraction of sp³-hybridized carbons (Fsp3) is 0.780. The van der Waals surface area contributed by atoms with Crippen LogP contribution in [0.2, 0.25) is 0 Å². The van der Waals surface area contributed by atoms with Gasteiger partial charge in [0.1, 0.15) is 5.82 Å². The Morgan fingerprint density at radius 2 is 1.63 bits per heavy atom. The van der Waals surface area contributed by atoms with Gasteiger partial charge in [-0.05, 0) is 132 Å². The molecule has 1 aromatic heterocycles. The molecule has 6 saturated heterocycles. The van der Waals surface area contributed by atoms with E-state index < -0.39 is 24.1 Å². The molecule has 0 bridgehead atoms. The van der Waals surface area contributed by atoms with E-state index in [1.165, 1.54) is 0 Å². The first-order valence-corrected chi connectivity index (χ1v) is 25.8. The van der Waals surface area contributed by atoms with Crippen LogP contribution in [0.4, 0.5) is 19.0 Å². The molecule has 1 aromatic rings. The summed E-state index contributed by atoms with van der Waals surface area (Å²) >= 11 is 0. The van der Waals surface area contributed by atoms with E-state index in [-0.39, 0.29) is 59.8 Å². The number of likely N-dealkylation sites (tertiary alicyclic amines) is 1.